The largest absolute Gasteiger partial charge is 0.462 e. The lowest BCUT2D eigenvalue weighted by Gasteiger charge is -2.18. The second kappa shape index (κ2) is 50.4. The van der Waals surface area contributed by atoms with Gasteiger partial charge in [0.25, 0.3) is 0 Å². The van der Waals surface area contributed by atoms with E-state index in [-0.39, 0.29) is 31.1 Å². The Morgan fingerprint density at radius 2 is 0.565 bits per heavy atom. The van der Waals surface area contributed by atoms with Crippen LogP contribution in [0.3, 0.4) is 0 Å². The molecule has 0 heterocycles. The summed E-state index contributed by atoms with van der Waals surface area (Å²) in [5.74, 6) is 0.0309. The van der Waals surface area contributed by atoms with Gasteiger partial charge in [-0.2, -0.15) is 0 Å². The van der Waals surface area contributed by atoms with E-state index in [2.05, 4.69) is 27.7 Å². The fourth-order valence-electron chi connectivity index (χ4n) is 8.54. The molecule has 0 bridgehead atoms. The fraction of sp³-hybridized carbons (Fsp3) is 0.946. The smallest absolute Gasteiger partial charge is 0.306 e. The molecule has 0 saturated carbocycles. The van der Waals surface area contributed by atoms with E-state index in [9.17, 15) is 14.4 Å². The SMILES string of the molecule is CCCCCCCCCCCCCCCCCCCC(=O)OC[C@H](COC(=O)CCCCCCCCCCCCC(C)CC)OC(=O)CCCCCCCCCCCCCCC. The Hall–Kier alpha value is -1.59. The van der Waals surface area contributed by atoms with E-state index < -0.39 is 6.10 Å². The van der Waals surface area contributed by atoms with Crippen LogP contribution in [-0.4, -0.2) is 37.2 Å². The molecule has 6 nitrogen and oxygen atoms in total. The molecule has 368 valence electrons. The molecule has 0 aromatic carbocycles. The second-order valence-corrected chi connectivity index (χ2v) is 19.5. The number of hydrogen-bond acceptors (Lipinski definition) is 6. The van der Waals surface area contributed by atoms with Crippen LogP contribution in [0.4, 0.5) is 0 Å². The minimum atomic E-state index is -0.761. The summed E-state index contributed by atoms with van der Waals surface area (Å²) in [7, 11) is 0. The van der Waals surface area contributed by atoms with E-state index in [0.717, 1.165) is 63.7 Å². The van der Waals surface area contributed by atoms with Gasteiger partial charge in [0, 0.05) is 19.3 Å². The maximum Gasteiger partial charge on any atom is 0.306 e. The molecular weight excluding hydrogens is 769 g/mol. The van der Waals surface area contributed by atoms with Crippen LogP contribution >= 0.6 is 0 Å². The molecule has 0 aliphatic rings. The van der Waals surface area contributed by atoms with Crippen LogP contribution in [0.2, 0.25) is 0 Å². The Labute approximate surface area is 387 Å². The summed E-state index contributed by atoms with van der Waals surface area (Å²) in [5.41, 5.74) is 0. The Morgan fingerprint density at radius 1 is 0.323 bits per heavy atom. The van der Waals surface area contributed by atoms with Crippen molar-refractivity contribution in [1.29, 1.82) is 0 Å². The average molecular weight is 877 g/mol. The first-order valence-electron chi connectivity index (χ1n) is 27.9. The summed E-state index contributed by atoms with van der Waals surface area (Å²) >= 11 is 0. The molecule has 0 fully saturated rings. The van der Waals surface area contributed by atoms with Gasteiger partial charge in [0.15, 0.2) is 6.10 Å². The Balaban J connectivity index is 4.29. The summed E-state index contributed by atoms with van der Waals surface area (Å²) in [6, 6.07) is 0. The van der Waals surface area contributed by atoms with Crippen molar-refractivity contribution in [3.05, 3.63) is 0 Å². The minimum Gasteiger partial charge on any atom is -0.462 e. The van der Waals surface area contributed by atoms with E-state index >= 15 is 0 Å². The Morgan fingerprint density at radius 3 is 0.839 bits per heavy atom. The van der Waals surface area contributed by atoms with Crippen molar-refractivity contribution in [2.45, 2.75) is 323 Å². The van der Waals surface area contributed by atoms with Gasteiger partial charge >= 0.3 is 17.9 Å². The zero-order valence-electron chi connectivity index (χ0n) is 42.3. The number of unbranched alkanes of at least 4 members (excludes halogenated alkanes) is 37. The number of carbonyl (C=O) groups excluding carboxylic acids is 3. The van der Waals surface area contributed by atoms with Gasteiger partial charge in [-0.15, -0.1) is 0 Å². The van der Waals surface area contributed by atoms with Crippen molar-refractivity contribution < 1.29 is 28.6 Å². The van der Waals surface area contributed by atoms with Crippen molar-refractivity contribution in [3.8, 4) is 0 Å². The number of carbonyl (C=O) groups is 3. The van der Waals surface area contributed by atoms with Crippen molar-refractivity contribution in [3.63, 3.8) is 0 Å². The highest BCUT2D eigenvalue weighted by molar-refractivity contribution is 5.71. The lowest BCUT2D eigenvalue weighted by Crippen LogP contribution is -2.30. The maximum atomic E-state index is 12.8. The summed E-state index contributed by atoms with van der Waals surface area (Å²) in [5, 5.41) is 0. The Kier molecular flexibility index (Phi) is 49.1. The van der Waals surface area contributed by atoms with Gasteiger partial charge in [0.2, 0.25) is 0 Å². The predicted octanol–water partition coefficient (Wildman–Crippen LogP) is 18.2. The highest BCUT2D eigenvalue weighted by Crippen LogP contribution is 2.18. The standard InChI is InChI=1S/C56H108O6/c1-5-8-10-12-14-16-18-20-21-22-23-25-26-31-35-39-43-47-54(57)60-50-53(62-56(59)49-45-41-37-33-27-24-19-17-15-13-11-9-6-2)51-61-55(58)48-44-40-36-32-29-28-30-34-38-42-46-52(4)7-3/h52-53H,5-51H2,1-4H3/t52?,53-/m1/s1. The molecule has 0 rings (SSSR count). The fourth-order valence-corrected chi connectivity index (χ4v) is 8.54. The number of hydrogen-bond donors (Lipinski definition) is 0. The molecule has 0 aliphatic heterocycles. The van der Waals surface area contributed by atoms with Crippen LogP contribution in [0.15, 0.2) is 0 Å². The predicted molar refractivity (Wildman–Crippen MR) is 266 cm³/mol. The van der Waals surface area contributed by atoms with Gasteiger partial charge < -0.3 is 14.2 Å². The van der Waals surface area contributed by atoms with Crippen molar-refractivity contribution in [2.24, 2.45) is 5.92 Å². The first-order chi connectivity index (χ1) is 30.4. The van der Waals surface area contributed by atoms with Gasteiger partial charge in [-0.1, -0.05) is 278 Å². The Bertz CT molecular complexity index is 935. The van der Waals surface area contributed by atoms with E-state index in [0.29, 0.717) is 19.3 Å². The van der Waals surface area contributed by atoms with Gasteiger partial charge in [-0.05, 0) is 25.2 Å². The van der Waals surface area contributed by atoms with Crippen LogP contribution in [0.1, 0.15) is 317 Å². The molecule has 0 N–H and O–H groups in total. The average Bonchev–Trinajstić information content (AvgIpc) is 3.27. The lowest BCUT2D eigenvalue weighted by molar-refractivity contribution is -0.167. The van der Waals surface area contributed by atoms with Gasteiger partial charge in [0.05, 0.1) is 0 Å². The van der Waals surface area contributed by atoms with Crippen molar-refractivity contribution in [2.75, 3.05) is 13.2 Å². The zero-order chi connectivity index (χ0) is 45.2. The minimum absolute atomic E-state index is 0.0622. The van der Waals surface area contributed by atoms with Crippen LogP contribution in [0.5, 0.6) is 0 Å². The molecule has 6 heteroatoms. The van der Waals surface area contributed by atoms with Crippen LogP contribution in [-0.2, 0) is 28.6 Å². The van der Waals surface area contributed by atoms with Crippen LogP contribution in [0, 0.1) is 5.92 Å². The number of esters is 3. The van der Waals surface area contributed by atoms with E-state index in [1.807, 2.05) is 0 Å². The van der Waals surface area contributed by atoms with E-state index in [4.69, 9.17) is 14.2 Å². The summed E-state index contributed by atoms with van der Waals surface area (Å²) in [6.45, 7) is 9.07. The van der Waals surface area contributed by atoms with E-state index in [1.54, 1.807) is 0 Å². The summed E-state index contributed by atoms with van der Waals surface area (Å²) in [6.07, 6.45) is 53.7. The molecule has 0 aliphatic carbocycles. The second-order valence-electron chi connectivity index (χ2n) is 19.5. The molecular formula is C56H108O6. The summed E-state index contributed by atoms with van der Waals surface area (Å²) < 4.78 is 16.9. The van der Waals surface area contributed by atoms with Crippen LogP contribution in [0.25, 0.3) is 0 Å². The van der Waals surface area contributed by atoms with Crippen molar-refractivity contribution >= 4 is 17.9 Å². The third kappa shape index (κ3) is 47.9. The highest BCUT2D eigenvalue weighted by atomic mass is 16.6. The highest BCUT2D eigenvalue weighted by Gasteiger charge is 2.19. The molecule has 0 aromatic rings. The van der Waals surface area contributed by atoms with Crippen molar-refractivity contribution in [1.82, 2.24) is 0 Å². The summed E-state index contributed by atoms with van der Waals surface area (Å²) in [4.78, 5) is 38.1. The van der Waals surface area contributed by atoms with Crippen LogP contribution < -0.4 is 0 Å². The van der Waals surface area contributed by atoms with Gasteiger partial charge in [-0.3, -0.25) is 14.4 Å². The third-order valence-electron chi connectivity index (χ3n) is 13.2. The van der Waals surface area contributed by atoms with E-state index in [1.165, 1.54) is 212 Å². The number of ether oxygens (including phenoxy) is 3. The van der Waals surface area contributed by atoms with Gasteiger partial charge in [-0.25, -0.2) is 0 Å². The first kappa shape index (κ1) is 60.4. The maximum absolute atomic E-state index is 12.8. The molecule has 0 amide bonds. The monoisotopic (exact) mass is 877 g/mol. The van der Waals surface area contributed by atoms with Gasteiger partial charge in [0.1, 0.15) is 13.2 Å². The molecule has 0 radical (unpaired) electrons. The first-order valence-corrected chi connectivity index (χ1v) is 27.9. The zero-order valence-corrected chi connectivity index (χ0v) is 42.3. The molecule has 62 heavy (non-hydrogen) atoms. The molecule has 0 saturated heterocycles. The normalized spacial score (nSPS) is 12.4. The topological polar surface area (TPSA) is 78.9 Å². The quantitative estimate of drug-likeness (QED) is 0.0344. The molecule has 0 spiro atoms. The molecule has 0 aromatic heterocycles. The lowest BCUT2D eigenvalue weighted by atomic mass is 9.99. The number of rotatable bonds is 51. The third-order valence-corrected chi connectivity index (χ3v) is 13.2. The molecule has 1 unspecified atom stereocenters. The molecule has 2 atom stereocenters.